The molecule has 0 spiro atoms. The summed E-state index contributed by atoms with van der Waals surface area (Å²) in [6.45, 7) is 0. The molecule has 20 heavy (non-hydrogen) atoms. The summed E-state index contributed by atoms with van der Waals surface area (Å²) in [6, 6.07) is 10.4. The van der Waals surface area contributed by atoms with E-state index in [2.05, 4.69) is 0 Å². The fourth-order valence-corrected chi connectivity index (χ4v) is 3.25. The van der Waals surface area contributed by atoms with Gasteiger partial charge in [-0.2, -0.15) is 0 Å². The van der Waals surface area contributed by atoms with E-state index in [0.29, 0.717) is 6.42 Å². The van der Waals surface area contributed by atoms with Crippen molar-refractivity contribution in [2.75, 3.05) is 5.75 Å². The Bertz CT molecular complexity index is 651. The molecule has 0 amide bonds. The predicted molar refractivity (Wildman–Crippen MR) is 71.5 cm³/mol. The molecule has 0 radical (unpaired) electrons. The van der Waals surface area contributed by atoms with Crippen molar-refractivity contribution in [3.8, 4) is 5.75 Å². The number of hydrogen-bond donors (Lipinski definition) is 1. The van der Waals surface area contributed by atoms with Crippen LogP contribution in [-0.2, 0) is 17.2 Å². The lowest BCUT2D eigenvalue weighted by molar-refractivity contribution is 0.0656. The first-order valence-corrected chi connectivity index (χ1v) is 7.41. The summed E-state index contributed by atoms with van der Waals surface area (Å²) in [4.78, 5) is 10.7. The van der Waals surface area contributed by atoms with Gasteiger partial charge in [-0.25, -0.2) is 4.79 Å². The SMILES string of the molecule is O=C(O)c1ccc(S(=O)CC2Cc3ccccc3O2)o1. The average Bonchev–Trinajstić information content (AvgIpc) is 3.04. The number of aromatic carboxylic acids is 1. The van der Waals surface area contributed by atoms with Crippen LogP contribution in [0.2, 0.25) is 0 Å². The van der Waals surface area contributed by atoms with E-state index in [9.17, 15) is 9.00 Å². The van der Waals surface area contributed by atoms with E-state index in [1.54, 1.807) is 0 Å². The quantitative estimate of drug-likeness (QED) is 0.933. The lowest BCUT2D eigenvalue weighted by Gasteiger charge is -2.08. The van der Waals surface area contributed by atoms with Crippen LogP contribution in [0, 0.1) is 0 Å². The molecule has 1 aliphatic rings. The van der Waals surface area contributed by atoms with Crippen molar-refractivity contribution in [2.24, 2.45) is 0 Å². The third-order valence-corrected chi connectivity index (χ3v) is 4.41. The molecule has 2 atom stereocenters. The first-order valence-electron chi connectivity index (χ1n) is 6.09. The molecule has 0 aliphatic carbocycles. The first kappa shape index (κ1) is 12.9. The van der Waals surface area contributed by atoms with Gasteiger partial charge in [0.2, 0.25) is 5.76 Å². The summed E-state index contributed by atoms with van der Waals surface area (Å²) < 4.78 is 22.9. The Labute approximate surface area is 117 Å². The fourth-order valence-electron chi connectivity index (χ4n) is 2.16. The van der Waals surface area contributed by atoms with Crippen LogP contribution in [0.5, 0.6) is 5.75 Å². The minimum atomic E-state index is -1.41. The van der Waals surface area contributed by atoms with Crippen LogP contribution in [0.25, 0.3) is 0 Å². The molecule has 0 bridgehead atoms. The maximum atomic E-state index is 12.1. The normalized spacial score (nSPS) is 18.3. The van der Waals surface area contributed by atoms with Crippen LogP contribution in [0.4, 0.5) is 0 Å². The molecule has 1 aliphatic heterocycles. The number of hydrogen-bond acceptors (Lipinski definition) is 4. The minimum Gasteiger partial charge on any atom is -0.489 e. The zero-order chi connectivity index (χ0) is 14.1. The Kier molecular flexibility index (Phi) is 3.31. The molecular formula is C14H12O5S. The monoisotopic (exact) mass is 292 g/mol. The lowest BCUT2D eigenvalue weighted by Crippen LogP contribution is -2.21. The van der Waals surface area contributed by atoms with Gasteiger partial charge in [-0.1, -0.05) is 18.2 Å². The van der Waals surface area contributed by atoms with Crippen LogP contribution in [0.1, 0.15) is 16.1 Å². The van der Waals surface area contributed by atoms with Gasteiger partial charge >= 0.3 is 5.97 Å². The smallest absolute Gasteiger partial charge is 0.371 e. The van der Waals surface area contributed by atoms with Gasteiger partial charge in [0, 0.05) is 6.42 Å². The zero-order valence-corrected chi connectivity index (χ0v) is 11.3. The highest BCUT2D eigenvalue weighted by Crippen LogP contribution is 2.29. The van der Waals surface area contributed by atoms with Gasteiger partial charge in [-0.15, -0.1) is 0 Å². The van der Waals surface area contributed by atoms with Crippen LogP contribution < -0.4 is 4.74 Å². The molecule has 2 unspecified atom stereocenters. The third-order valence-electron chi connectivity index (χ3n) is 3.07. The molecular weight excluding hydrogens is 280 g/mol. The van der Waals surface area contributed by atoms with Gasteiger partial charge in [0.15, 0.2) is 5.09 Å². The molecule has 5 nitrogen and oxygen atoms in total. The molecule has 1 aromatic heterocycles. The Morgan fingerprint density at radius 1 is 1.30 bits per heavy atom. The fraction of sp³-hybridized carbons (Fsp3) is 0.214. The maximum Gasteiger partial charge on any atom is 0.371 e. The van der Waals surface area contributed by atoms with Gasteiger partial charge < -0.3 is 14.3 Å². The number of benzene rings is 1. The van der Waals surface area contributed by atoms with Gasteiger partial charge in [0.25, 0.3) is 0 Å². The highest BCUT2D eigenvalue weighted by atomic mass is 32.2. The largest absolute Gasteiger partial charge is 0.489 e. The first-order chi connectivity index (χ1) is 9.63. The van der Waals surface area contributed by atoms with E-state index >= 15 is 0 Å². The summed E-state index contributed by atoms with van der Waals surface area (Å²) in [5.74, 6) is -0.275. The van der Waals surface area contributed by atoms with Crippen molar-refractivity contribution in [3.05, 3.63) is 47.7 Å². The Morgan fingerprint density at radius 2 is 2.10 bits per heavy atom. The van der Waals surface area contributed by atoms with E-state index in [-0.39, 0.29) is 22.7 Å². The average molecular weight is 292 g/mol. The third kappa shape index (κ3) is 2.46. The number of ether oxygens (including phenoxy) is 1. The summed E-state index contributed by atoms with van der Waals surface area (Å²) in [7, 11) is -1.41. The zero-order valence-electron chi connectivity index (χ0n) is 10.4. The molecule has 0 fully saturated rings. The van der Waals surface area contributed by atoms with E-state index in [4.69, 9.17) is 14.3 Å². The van der Waals surface area contributed by atoms with Crippen molar-refractivity contribution in [2.45, 2.75) is 17.6 Å². The second-order valence-corrected chi connectivity index (χ2v) is 5.91. The van der Waals surface area contributed by atoms with Crippen molar-refractivity contribution in [3.63, 3.8) is 0 Å². The Hall–Kier alpha value is -2.08. The number of carbonyl (C=O) groups is 1. The van der Waals surface area contributed by atoms with Crippen LogP contribution in [0.3, 0.4) is 0 Å². The Morgan fingerprint density at radius 3 is 2.80 bits per heavy atom. The molecule has 3 rings (SSSR count). The molecule has 6 heteroatoms. The van der Waals surface area contributed by atoms with Crippen molar-refractivity contribution >= 4 is 16.8 Å². The highest BCUT2D eigenvalue weighted by molar-refractivity contribution is 7.84. The predicted octanol–water partition coefficient (Wildman–Crippen LogP) is 2.09. The molecule has 104 valence electrons. The summed E-state index contributed by atoms with van der Waals surface area (Å²) in [5.41, 5.74) is 1.10. The summed E-state index contributed by atoms with van der Waals surface area (Å²) in [6.07, 6.45) is 0.528. The summed E-state index contributed by atoms with van der Waals surface area (Å²) in [5, 5.41) is 8.93. The van der Waals surface area contributed by atoms with Crippen molar-refractivity contribution in [1.82, 2.24) is 0 Å². The van der Waals surface area contributed by atoms with E-state index < -0.39 is 16.8 Å². The van der Waals surface area contributed by atoms with Crippen molar-refractivity contribution < 1.29 is 23.3 Å². The van der Waals surface area contributed by atoms with Gasteiger partial charge in [-0.05, 0) is 23.8 Å². The topological polar surface area (TPSA) is 76.7 Å². The highest BCUT2D eigenvalue weighted by Gasteiger charge is 2.26. The number of fused-ring (bicyclic) bond motifs is 1. The minimum absolute atomic E-state index is 0.168. The van der Waals surface area contributed by atoms with Crippen LogP contribution in [-0.4, -0.2) is 27.1 Å². The number of furan rings is 1. The van der Waals surface area contributed by atoms with Gasteiger partial charge in [0.05, 0.1) is 16.6 Å². The molecule has 1 N–H and O–H groups in total. The lowest BCUT2D eigenvalue weighted by atomic mass is 10.1. The maximum absolute atomic E-state index is 12.1. The second kappa shape index (κ2) is 5.13. The number of para-hydroxylation sites is 1. The standard InChI is InChI=1S/C14H12O5S/c15-14(16)12-5-6-13(19-12)20(17)8-10-7-9-3-1-2-4-11(9)18-10/h1-6,10H,7-8H2,(H,15,16). The number of carboxylic acid groups (broad SMARTS) is 1. The van der Waals surface area contributed by atoms with E-state index in [1.165, 1.54) is 12.1 Å². The molecule has 0 saturated carbocycles. The molecule has 2 aromatic rings. The Balaban J connectivity index is 1.67. The number of carboxylic acids is 1. The van der Waals surface area contributed by atoms with E-state index in [0.717, 1.165) is 11.3 Å². The molecule has 1 aromatic carbocycles. The van der Waals surface area contributed by atoms with Crippen LogP contribution >= 0.6 is 0 Å². The second-order valence-electron chi connectivity index (χ2n) is 4.49. The summed E-state index contributed by atoms with van der Waals surface area (Å²) >= 11 is 0. The molecule has 0 saturated heterocycles. The van der Waals surface area contributed by atoms with Gasteiger partial charge in [0.1, 0.15) is 11.9 Å². The van der Waals surface area contributed by atoms with Crippen LogP contribution in [0.15, 0.2) is 45.9 Å². The van der Waals surface area contributed by atoms with Gasteiger partial charge in [-0.3, -0.25) is 4.21 Å². The number of rotatable bonds is 4. The van der Waals surface area contributed by atoms with Crippen molar-refractivity contribution in [1.29, 1.82) is 0 Å². The molecule has 2 heterocycles. The van der Waals surface area contributed by atoms with E-state index in [1.807, 2.05) is 24.3 Å².